The number of anilines is 2. The molecule has 1 aromatic heterocycles. The van der Waals surface area contributed by atoms with Gasteiger partial charge in [0.1, 0.15) is 24.2 Å². The molecule has 1 aliphatic heterocycles. The molecule has 2 aromatic rings. The topological polar surface area (TPSA) is 117 Å². The summed E-state index contributed by atoms with van der Waals surface area (Å²) >= 11 is 0. The van der Waals surface area contributed by atoms with Crippen molar-refractivity contribution in [2.24, 2.45) is 0 Å². The maximum atomic E-state index is 13.8. The van der Waals surface area contributed by atoms with Crippen molar-refractivity contribution in [1.82, 2.24) is 9.13 Å². The smallest absolute Gasteiger partial charge is 0.324 e. The van der Waals surface area contributed by atoms with E-state index in [4.69, 9.17) is 5.26 Å². The summed E-state index contributed by atoms with van der Waals surface area (Å²) in [6.07, 6.45) is -5.00. The number of aromatic nitrogens is 2. The molecule has 1 aliphatic rings. The predicted octanol–water partition coefficient (Wildman–Crippen LogP) is 1.21. The molecule has 1 unspecified atom stereocenters. The van der Waals surface area contributed by atoms with Crippen LogP contribution in [0.2, 0.25) is 0 Å². The van der Waals surface area contributed by atoms with E-state index in [9.17, 15) is 32.3 Å². The van der Waals surface area contributed by atoms with Crippen LogP contribution >= 0.6 is 0 Å². The van der Waals surface area contributed by atoms with E-state index in [1.54, 1.807) is 13.0 Å². The standard InChI is InChI=1S/C19H16F3N5O4/c1-2-25-9-11(8-23)17(30)26(18(25)31)10-16(29)27-13-6-4-3-5-12(13)24-15(28)7-14(27)19(20,21)22/h3-6,9,14H,2,7,10H2,1H3,(H,24,28). The monoisotopic (exact) mass is 435 g/mol. The Morgan fingerprint density at radius 2 is 1.94 bits per heavy atom. The van der Waals surface area contributed by atoms with Gasteiger partial charge in [0.2, 0.25) is 11.8 Å². The molecule has 0 saturated heterocycles. The van der Waals surface area contributed by atoms with Crippen molar-refractivity contribution in [3.8, 4) is 6.07 Å². The summed E-state index contributed by atoms with van der Waals surface area (Å²) in [7, 11) is 0. The average Bonchev–Trinajstić information content (AvgIpc) is 2.87. The molecule has 0 spiro atoms. The number of aryl methyl sites for hydroxylation is 1. The minimum Gasteiger partial charge on any atom is -0.324 e. The molecule has 0 aliphatic carbocycles. The lowest BCUT2D eigenvalue weighted by atomic mass is 10.1. The minimum atomic E-state index is -4.96. The van der Waals surface area contributed by atoms with Gasteiger partial charge in [-0.15, -0.1) is 0 Å². The van der Waals surface area contributed by atoms with Gasteiger partial charge in [0.25, 0.3) is 5.56 Å². The van der Waals surface area contributed by atoms with Gasteiger partial charge < -0.3 is 5.32 Å². The zero-order valence-corrected chi connectivity index (χ0v) is 16.1. The molecule has 9 nitrogen and oxygen atoms in total. The van der Waals surface area contributed by atoms with Crippen LogP contribution < -0.4 is 21.5 Å². The van der Waals surface area contributed by atoms with Crippen molar-refractivity contribution in [2.45, 2.75) is 38.7 Å². The number of amides is 2. The van der Waals surface area contributed by atoms with Gasteiger partial charge in [-0.3, -0.25) is 23.9 Å². The maximum Gasteiger partial charge on any atom is 0.409 e. The van der Waals surface area contributed by atoms with Gasteiger partial charge >= 0.3 is 11.9 Å². The fourth-order valence-electron chi connectivity index (χ4n) is 3.30. The number of carbonyl (C=O) groups excluding carboxylic acids is 2. The molecule has 2 amide bonds. The summed E-state index contributed by atoms with van der Waals surface area (Å²) in [4.78, 5) is 50.4. The number of nitrogens with zero attached hydrogens (tertiary/aromatic N) is 4. The molecular formula is C19H16F3N5O4. The van der Waals surface area contributed by atoms with E-state index in [1.807, 2.05) is 0 Å². The van der Waals surface area contributed by atoms with E-state index < -0.39 is 53.8 Å². The molecule has 0 bridgehead atoms. The Labute approximate surface area is 172 Å². The maximum absolute atomic E-state index is 13.8. The second kappa shape index (κ2) is 8.10. The molecule has 1 N–H and O–H groups in total. The average molecular weight is 435 g/mol. The lowest BCUT2D eigenvalue weighted by molar-refractivity contribution is -0.158. The van der Waals surface area contributed by atoms with Gasteiger partial charge in [0.15, 0.2) is 0 Å². The van der Waals surface area contributed by atoms with E-state index in [-0.39, 0.29) is 17.9 Å². The van der Waals surface area contributed by atoms with Crippen molar-refractivity contribution < 1.29 is 22.8 Å². The van der Waals surface area contributed by atoms with Crippen molar-refractivity contribution in [3.63, 3.8) is 0 Å². The number of carbonyl (C=O) groups is 2. The van der Waals surface area contributed by atoms with Crippen LogP contribution in [0.25, 0.3) is 0 Å². The second-order valence-electron chi connectivity index (χ2n) is 6.71. The minimum absolute atomic E-state index is 0.0170. The number of halogens is 3. The molecule has 162 valence electrons. The highest BCUT2D eigenvalue weighted by Crippen LogP contribution is 2.37. The molecule has 1 aromatic carbocycles. The first-order valence-electron chi connectivity index (χ1n) is 9.10. The first-order valence-corrected chi connectivity index (χ1v) is 9.10. The van der Waals surface area contributed by atoms with Gasteiger partial charge in [-0.1, -0.05) is 12.1 Å². The highest BCUT2D eigenvalue weighted by Gasteiger charge is 2.49. The molecular weight excluding hydrogens is 419 g/mol. The van der Waals surface area contributed by atoms with Gasteiger partial charge in [0.05, 0.1) is 17.8 Å². The Hall–Kier alpha value is -3.88. The van der Waals surface area contributed by atoms with Crippen LogP contribution in [0.1, 0.15) is 18.9 Å². The predicted molar refractivity (Wildman–Crippen MR) is 102 cm³/mol. The summed E-state index contributed by atoms with van der Waals surface area (Å²) in [6, 6.07) is 4.50. The van der Waals surface area contributed by atoms with E-state index in [0.29, 0.717) is 9.47 Å². The quantitative estimate of drug-likeness (QED) is 0.778. The number of rotatable bonds is 3. The van der Waals surface area contributed by atoms with Crippen molar-refractivity contribution in [3.05, 3.63) is 56.9 Å². The Morgan fingerprint density at radius 1 is 1.26 bits per heavy atom. The Morgan fingerprint density at radius 3 is 2.55 bits per heavy atom. The van der Waals surface area contributed by atoms with Gasteiger partial charge in [-0.25, -0.2) is 9.36 Å². The third kappa shape index (κ3) is 4.07. The SMILES string of the molecule is CCn1cc(C#N)c(=O)n(CC(=O)N2c3ccccc3NC(=O)CC2C(F)(F)F)c1=O. The summed E-state index contributed by atoms with van der Waals surface area (Å²) in [5.74, 6) is -2.18. The summed E-state index contributed by atoms with van der Waals surface area (Å²) in [5.41, 5.74) is -2.71. The highest BCUT2D eigenvalue weighted by molar-refractivity contribution is 6.04. The first-order chi connectivity index (χ1) is 14.6. The van der Waals surface area contributed by atoms with E-state index in [0.717, 1.165) is 10.8 Å². The normalized spacial score (nSPS) is 16.2. The molecule has 2 heterocycles. The molecule has 1 atom stereocenters. The first kappa shape index (κ1) is 21.8. The van der Waals surface area contributed by atoms with E-state index in [2.05, 4.69) is 5.32 Å². The highest BCUT2D eigenvalue weighted by atomic mass is 19.4. The third-order valence-electron chi connectivity index (χ3n) is 4.77. The van der Waals surface area contributed by atoms with E-state index in [1.165, 1.54) is 24.3 Å². The van der Waals surface area contributed by atoms with Crippen LogP contribution in [-0.2, 0) is 22.7 Å². The Balaban J connectivity index is 2.15. The largest absolute Gasteiger partial charge is 0.409 e. The van der Waals surface area contributed by atoms with Crippen molar-refractivity contribution >= 4 is 23.2 Å². The van der Waals surface area contributed by atoms with Gasteiger partial charge in [0, 0.05) is 12.7 Å². The van der Waals surface area contributed by atoms with Gasteiger partial charge in [-0.05, 0) is 19.1 Å². The number of nitrogens with one attached hydrogen (secondary N) is 1. The third-order valence-corrected chi connectivity index (χ3v) is 4.77. The zero-order chi connectivity index (χ0) is 22.9. The van der Waals surface area contributed by atoms with E-state index >= 15 is 0 Å². The lowest BCUT2D eigenvalue weighted by Gasteiger charge is -2.31. The van der Waals surface area contributed by atoms with Crippen LogP contribution in [0.4, 0.5) is 24.5 Å². The number of para-hydroxylation sites is 2. The zero-order valence-electron chi connectivity index (χ0n) is 16.1. The molecule has 31 heavy (non-hydrogen) atoms. The Kier molecular flexibility index (Phi) is 5.70. The van der Waals surface area contributed by atoms with Crippen LogP contribution in [0.3, 0.4) is 0 Å². The number of hydrogen-bond acceptors (Lipinski definition) is 5. The Bertz CT molecular complexity index is 1210. The fraction of sp³-hybridized carbons (Fsp3) is 0.316. The molecule has 12 heteroatoms. The molecule has 0 radical (unpaired) electrons. The van der Waals surface area contributed by atoms with Crippen LogP contribution in [0.5, 0.6) is 0 Å². The second-order valence-corrected chi connectivity index (χ2v) is 6.71. The number of fused-ring (bicyclic) bond motifs is 1. The summed E-state index contributed by atoms with van der Waals surface area (Å²) in [6.45, 7) is 0.585. The molecule has 3 rings (SSSR count). The number of nitriles is 1. The fourth-order valence-corrected chi connectivity index (χ4v) is 3.30. The number of benzene rings is 1. The van der Waals surface area contributed by atoms with Crippen molar-refractivity contribution in [1.29, 1.82) is 5.26 Å². The van der Waals surface area contributed by atoms with Crippen LogP contribution in [0.15, 0.2) is 40.1 Å². The number of hydrogen-bond donors (Lipinski definition) is 1. The van der Waals surface area contributed by atoms with Crippen molar-refractivity contribution in [2.75, 3.05) is 10.2 Å². The molecule has 0 fully saturated rings. The lowest BCUT2D eigenvalue weighted by Crippen LogP contribution is -2.52. The summed E-state index contributed by atoms with van der Waals surface area (Å²) < 4.78 is 42.8. The van der Waals surface area contributed by atoms with Gasteiger partial charge in [-0.2, -0.15) is 18.4 Å². The summed E-state index contributed by atoms with van der Waals surface area (Å²) in [5, 5.41) is 11.4. The molecule has 0 saturated carbocycles. The number of alkyl halides is 3. The van der Waals surface area contributed by atoms with Crippen LogP contribution in [0, 0.1) is 11.3 Å². The van der Waals surface area contributed by atoms with Crippen LogP contribution in [-0.4, -0.2) is 33.2 Å².